The molecule has 4 nitrogen and oxygen atoms in total. The molecule has 0 fully saturated rings. The minimum absolute atomic E-state index is 0.0503. The Balaban J connectivity index is 2.33. The third-order valence-electron chi connectivity index (χ3n) is 1.90. The zero-order valence-corrected chi connectivity index (χ0v) is 13.3. The summed E-state index contributed by atoms with van der Waals surface area (Å²) in [5, 5.41) is 0.505. The van der Waals surface area contributed by atoms with Crippen molar-refractivity contribution in [2.24, 2.45) is 0 Å². The van der Waals surface area contributed by atoms with Crippen molar-refractivity contribution in [2.45, 2.75) is 4.21 Å². The van der Waals surface area contributed by atoms with E-state index in [4.69, 9.17) is 23.2 Å². The van der Waals surface area contributed by atoms with Gasteiger partial charge in [0.1, 0.15) is 0 Å². The molecule has 9 heteroatoms. The van der Waals surface area contributed by atoms with Gasteiger partial charge in [0.25, 0.3) is 10.0 Å². The summed E-state index contributed by atoms with van der Waals surface area (Å²) in [6.45, 7) is 0. The number of benzene rings is 1. The summed E-state index contributed by atoms with van der Waals surface area (Å²) in [4.78, 5) is 3.69. The lowest BCUT2D eigenvalue weighted by atomic mass is 10.3. The lowest BCUT2D eigenvalue weighted by molar-refractivity contribution is 0.603. The molecule has 2 rings (SSSR count). The lowest BCUT2D eigenvalue weighted by Gasteiger charge is -2.07. The largest absolute Gasteiger partial charge is 0.278 e. The first-order valence-corrected chi connectivity index (χ1v) is 8.32. The van der Waals surface area contributed by atoms with E-state index in [0.29, 0.717) is 15.2 Å². The van der Waals surface area contributed by atoms with Crippen molar-refractivity contribution < 1.29 is 8.42 Å². The van der Waals surface area contributed by atoms with Gasteiger partial charge in [-0.3, -0.25) is 4.72 Å². The number of aromatic nitrogens is 1. The first-order chi connectivity index (χ1) is 8.38. The summed E-state index contributed by atoms with van der Waals surface area (Å²) in [6.07, 6.45) is 1.21. The fourth-order valence-corrected chi connectivity index (χ4v) is 4.42. The highest BCUT2D eigenvalue weighted by Gasteiger charge is 2.18. The van der Waals surface area contributed by atoms with Crippen LogP contribution in [0.25, 0.3) is 0 Å². The number of hydrogen-bond donors (Lipinski definition) is 1. The number of thiazole rings is 1. The number of sulfonamides is 1. The number of nitrogens with zero attached hydrogens (tertiary/aromatic N) is 1. The van der Waals surface area contributed by atoms with Crippen LogP contribution in [0.2, 0.25) is 9.49 Å². The van der Waals surface area contributed by atoms with Crippen LogP contribution in [0.15, 0.2) is 33.1 Å². The Hall–Kier alpha value is -0.340. The Kier molecular flexibility index (Phi) is 4.18. The standard InChI is InChI=1S/C9H5BrCl2N2O2S2/c10-6-3-5(11)1-2-7(6)14-18(15,16)8-4-13-9(12)17-8/h1-4,14H. The van der Waals surface area contributed by atoms with Gasteiger partial charge in [0, 0.05) is 9.50 Å². The Labute approximate surface area is 126 Å². The van der Waals surface area contributed by atoms with Crippen LogP contribution in [-0.2, 0) is 10.0 Å². The van der Waals surface area contributed by atoms with Crippen LogP contribution in [0, 0.1) is 0 Å². The van der Waals surface area contributed by atoms with E-state index in [1.807, 2.05) is 0 Å². The summed E-state index contributed by atoms with van der Waals surface area (Å²) >= 11 is 15.5. The molecular weight excluding hydrogens is 383 g/mol. The quantitative estimate of drug-likeness (QED) is 0.865. The van der Waals surface area contributed by atoms with Gasteiger partial charge in [0.05, 0.1) is 11.9 Å². The van der Waals surface area contributed by atoms with E-state index in [9.17, 15) is 8.42 Å². The predicted octanol–water partition coefficient (Wildman–Crippen LogP) is 4.01. The van der Waals surface area contributed by atoms with Crippen molar-refractivity contribution in [1.82, 2.24) is 4.98 Å². The van der Waals surface area contributed by atoms with Crippen LogP contribution in [0.5, 0.6) is 0 Å². The van der Waals surface area contributed by atoms with E-state index in [1.165, 1.54) is 6.20 Å². The normalized spacial score (nSPS) is 11.5. The van der Waals surface area contributed by atoms with Crippen molar-refractivity contribution >= 4 is 66.2 Å². The minimum Gasteiger partial charge on any atom is -0.278 e. The van der Waals surface area contributed by atoms with Crippen LogP contribution in [0.4, 0.5) is 5.69 Å². The molecule has 0 spiro atoms. The monoisotopic (exact) mass is 386 g/mol. The molecule has 1 N–H and O–H groups in total. The molecule has 0 aliphatic carbocycles. The number of nitrogens with one attached hydrogen (secondary N) is 1. The molecule has 0 saturated carbocycles. The lowest BCUT2D eigenvalue weighted by Crippen LogP contribution is -2.11. The molecule has 18 heavy (non-hydrogen) atoms. The molecule has 1 aromatic heterocycles. The molecule has 0 amide bonds. The van der Waals surface area contributed by atoms with Crippen molar-refractivity contribution in [3.8, 4) is 0 Å². The Morgan fingerprint density at radius 1 is 1.33 bits per heavy atom. The zero-order chi connectivity index (χ0) is 13.3. The molecule has 0 saturated heterocycles. The minimum atomic E-state index is -3.68. The molecule has 0 atom stereocenters. The van der Waals surface area contributed by atoms with Crippen LogP contribution in [0.1, 0.15) is 0 Å². The van der Waals surface area contributed by atoms with E-state index < -0.39 is 10.0 Å². The first kappa shape index (κ1) is 14.1. The summed E-state index contributed by atoms with van der Waals surface area (Å²) in [7, 11) is -3.68. The molecule has 1 heterocycles. The van der Waals surface area contributed by atoms with Gasteiger partial charge in [-0.2, -0.15) is 0 Å². The smallest absolute Gasteiger partial charge is 0.273 e. The first-order valence-electron chi connectivity index (χ1n) is 4.48. The second-order valence-electron chi connectivity index (χ2n) is 3.16. The maximum Gasteiger partial charge on any atom is 0.273 e. The van der Waals surface area contributed by atoms with E-state index in [2.05, 4.69) is 25.6 Å². The van der Waals surface area contributed by atoms with Crippen molar-refractivity contribution in [3.63, 3.8) is 0 Å². The SMILES string of the molecule is O=S(=O)(Nc1ccc(Cl)cc1Br)c1cnc(Cl)s1. The highest BCUT2D eigenvalue weighted by atomic mass is 79.9. The van der Waals surface area contributed by atoms with Crippen LogP contribution >= 0.6 is 50.5 Å². The van der Waals surface area contributed by atoms with E-state index >= 15 is 0 Å². The fraction of sp³-hybridized carbons (Fsp3) is 0. The van der Waals surface area contributed by atoms with E-state index in [-0.39, 0.29) is 8.68 Å². The summed E-state index contributed by atoms with van der Waals surface area (Å²) < 4.78 is 27.2. The van der Waals surface area contributed by atoms with Crippen LogP contribution in [0.3, 0.4) is 0 Å². The van der Waals surface area contributed by atoms with Gasteiger partial charge in [-0.1, -0.05) is 34.5 Å². The van der Waals surface area contributed by atoms with E-state index in [0.717, 1.165) is 11.3 Å². The topological polar surface area (TPSA) is 59.1 Å². The van der Waals surface area contributed by atoms with Crippen LogP contribution in [-0.4, -0.2) is 13.4 Å². The van der Waals surface area contributed by atoms with Gasteiger partial charge >= 0.3 is 0 Å². The van der Waals surface area contributed by atoms with Crippen molar-refractivity contribution in [3.05, 3.63) is 38.4 Å². The predicted molar refractivity (Wildman–Crippen MR) is 77.1 cm³/mol. The Bertz CT molecular complexity index is 688. The molecule has 96 valence electrons. The maximum absolute atomic E-state index is 12.0. The Morgan fingerprint density at radius 2 is 2.06 bits per heavy atom. The van der Waals surface area contributed by atoms with Gasteiger partial charge in [-0.25, -0.2) is 13.4 Å². The van der Waals surface area contributed by atoms with Gasteiger partial charge < -0.3 is 0 Å². The third-order valence-corrected chi connectivity index (χ3v) is 5.73. The fourth-order valence-electron chi connectivity index (χ4n) is 1.13. The zero-order valence-electron chi connectivity index (χ0n) is 8.52. The molecule has 0 radical (unpaired) electrons. The summed E-state index contributed by atoms with van der Waals surface area (Å²) in [6, 6.07) is 4.75. The number of hydrogen-bond acceptors (Lipinski definition) is 4. The highest BCUT2D eigenvalue weighted by Crippen LogP contribution is 2.29. The third kappa shape index (κ3) is 3.16. The summed E-state index contributed by atoms with van der Waals surface area (Å²) in [5.41, 5.74) is 0.393. The summed E-state index contributed by atoms with van der Waals surface area (Å²) in [5.74, 6) is 0. The molecule has 0 aliphatic heterocycles. The Morgan fingerprint density at radius 3 is 2.61 bits per heavy atom. The average molecular weight is 388 g/mol. The second-order valence-corrected chi connectivity index (χ2v) is 7.97. The highest BCUT2D eigenvalue weighted by molar-refractivity contribution is 9.10. The van der Waals surface area contributed by atoms with Crippen molar-refractivity contribution in [1.29, 1.82) is 0 Å². The van der Waals surface area contributed by atoms with Gasteiger partial charge in [0.15, 0.2) is 8.68 Å². The molecule has 0 aliphatic rings. The number of rotatable bonds is 3. The molecule has 1 aromatic carbocycles. The van der Waals surface area contributed by atoms with Crippen molar-refractivity contribution in [2.75, 3.05) is 4.72 Å². The molecular formula is C9H5BrCl2N2O2S2. The number of halogens is 3. The number of anilines is 1. The second kappa shape index (κ2) is 5.34. The van der Waals surface area contributed by atoms with Gasteiger partial charge in [-0.05, 0) is 34.1 Å². The average Bonchev–Trinajstić information content (AvgIpc) is 2.70. The van der Waals surface area contributed by atoms with Gasteiger partial charge in [-0.15, -0.1) is 0 Å². The molecule has 2 aromatic rings. The van der Waals surface area contributed by atoms with Gasteiger partial charge in [0.2, 0.25) is 0 Å². The molecule has 0 bridgehead atoms. The maximum atomic E-state index is 12.0. The van der Waals surface area contributed by atoms with Crippen LogP contribution < -0.4 is 4.72 Å². The molecule has 0 unspecified atom stereocenters. The van der Waals surface area contributed by atoms with E-state index in [1.54, 1.807) is 18.2 Å².